The summed E-state index contributed by atoms with van der Waals surface area (Å²) in [5.74, 6) is -1.39. The van der Waals surface area contributed by atoms with Crippen molar-refractivity contribution in [3.05, 3.63) is 153 Å². The van der Waals surface area contributed by atoms with Crippen molar-refractivity contribution in [3.8, 4) is 11.3 Å². The average molecular weight is 1100 g/mol. The van der Waals surface area contributed by atoms with E-state index in [4.69, 9.17) is 28.7 Å². The number of nitrogens with one attached hydrogen (secondary N) is 3. The molecule has 8 rings (SSSR count). The standard InChI is InChI=1S/C61H74N8O11/c1-41-47(9-7-11-49(41)64-56(71)44-17-19-46(20-18-44)61(3,4)5)52-40-66(6)59(74)51(63-52)39-43-13-15-45(16-14-43)58(73)68-26-24-67(25-27-68)28-30-77-32-34-79-36-38-80-37-35-78-33-31-76-29-23-62-50-12-8-10-48-42(2)69(60(75)55(48)50)53-21-22-54(70)65-57(53)72/h7-20,40,53,62H,2,21-39H2,1,3-6H3,(H,64,71)(H,65,70,72). The molecule has 4 aromatic carbocycles. The number of imide groups is 1. The van der Waals surface area contributed by atoms with E-state index in [1.54, 1.807) is 25.4 Å². The normalized spacial score (nSPS) is 15.8. The third kappa shape index (κ3) is 15.1. The first-order valence-electron chi connectivity index (χ1n) is 27.4. The summed E-state index contributed by atoms with van der Waals surface area (Å²) in [6.07, 6.45) is 2.42. The van der Waals surface area contributed by atoms with Gasteiger partial charge in [-0.25, -0.2) is 4.98 Å². The SMILES string of the molecule is C=C1c2cccc(NCCOCCOCCOCCOCCOCCN3CCN(C(=O)c4ccc(Cc5nc(-c6cccc(NC(=O)c7ccc(C(C)(C)C)cc7)c6C)cn(C)c5=O)cc4)CC3)c2C(=O)N1C1CCC(=O)NC1=O. The van der Waals surface area contributed by atoms with Crippen LogP contribution in [-0.4, -0.2) is 165 Å². The van der Waals surface area contributed by atoms with Crippen LogP contribution in [0.1, 0.15) is 92.6 Å². The van der Waals surface area contributed by atoms with Gasteiger partial charge in [0.05, 0.1) is 77.3 Å². The van der Waals surface area contributed by atoms with Crippen molar-refractivity contribution in [1.29, 1.82) is 0 Å². The molecule has 3 aliphatic heterocycles. The zero-order chi connectivity index (χ0) is 56.8. The van der Waals surface area contributed by atoms with Gasteiger partial charge in [0.15, 0.2) is 0 Å². The highest BCUT2D eigenvalue weighted by Gasteiger charge is 2.42. The fourth-order valence-corrected chi connectivity index (χ4v) is 9.83. The molecule has 2 saturated heterocycles. The van der Waals surface area contributed by atoms with Gasteiger partial charge in [-0.05, 0) is 71.8 Å². The Kier molecular flexibility index (Phi) is 20.3. The van der Waals surface area contributed by atoms with Crippen molar-refractivity contribution < 1.29 is 47.7 Å². The van der Waals surface area contributed by atoms with Crippen LogP contribution < -0.4 is 21.5 Å². The molecule has 1 atom stereocenters. The zero-order valence-corrected chi connectivity index (χ0v) is 46.6. The molecule has 0 aliphatic carbocycles. The smallest absolute Gasteiger partial charge is 0.272 e. The quantitative estimate of drug-likeness (QED) is 0.0423. The molecule has 5 amide bonds. The second kappa shape index (κ2) is 27.7. The van der Waals surface area contributed by atoms with Gasteiger partial charge in [-0.2, -0.15) is 0 Å². The van der Waals surface area contributed by atoms with E-state index in [9.17, 15) is 28.8 Å². The van der Waals surface area contributed by atoms with E-state index in [0.29, 0.717) is 136 Å². The Morgan fingerprint density at radius 2 is 1.31 bits per heavy atom. The van der Waals surface area contributed by atoms with Gasteiger partial charge in [-0.3, -0.25) is 43.9 Å². The molecule has 19 heteroatoms. The number of rotatable bonds is 26. The lowest BCUT2D eigenvalue weighted by atomic mass is 9.86. The predicted octanol–water partition coefficient (Wildman–Crippen LogP) is 6.08. The highest BCUT2D eigenvalue weighted by atomic mass is 16.6. The lowest BCUT2D eigenvalue weighted by Crippen LogP contribution is -2.52. The van der Waals surface area contributed by atoms with Crippen molar-refractivity contribution in [2.75, 3.05) is 116 Å². The van der Waals surface area contributed by atoms with Crippen molar-refractivity contribution in [1.82, 2.24) is 29.6 Å². The molecule has 4 heterocycles. The van der Waals surface area contributed by atoms with E-state index in [1.165, 1.54) is 9.47 Å². The summed E-state index contributed by atoms with van der Waals surface area (Å²) in [7, 11) is 1.71. The molecule has 424 valence electrons. The number of piperidine rings is 1. The van der Waals surface area contributed by atoms with Gasteiger partial charge < -0.3 is 43.8 Å². The van der Waals surface area contributed by atoms with E-state index >= 15 is 0 Å². The third-order valence-corrected chi connectivity index (χ3v) is 14.5. The first-order valence-corrected chi connectivity index (χ1v) is 27.4. The molecule has 0 bridgehead atoms. The van der Waals surface area contributed by atoms with E-state index in [2.05, 4.69) is 48.2 Å². The second-order valence-corrected chi connectivity index (χ2v) is 21.1. The minimum absolute atomic E-state index is 0.0179. The predicted molar refractivity (Wildman–Crippen MR) is 305 cm³/mol. The van der Waals surface area contributed by atoms with Crippen LogP contribution in [0.3, 0.4) is 0 Å². The lowest BCUT2D eigenvalue weighted by Gasteiger charge is -2.34. The molecule has 2 fully saturated rings. The van der Waals surface area contributed by atoms with Crippen molar-refractivity contribution >= 4 is 46.6 Å². The van der Waals surface area contributed by atoms with Gasteiger partial charge in [0.2, 0.25) is 11.8 Å². The number of anilines is 2. The molecule has 0 spiro atoms. The number of hydrogen-bond acceptors (Lipinski definition) is 14. The molecule has 0 saturated carbocycles. The summed E-state index contributed by atoms with van der Waals surface area (Å²) >= 11 is 0. The Hall–Kier alpha value is -7.39. The first-order chi connectivity index (χ1) is 38.6. The summed E-state index contributed by atoms with van der Waals surface area (Å²) in [5.41, 5.74) is 8.41. The highest BCUT2D eigenvalue weighted by molar-refractivity contribution is 6.15. The van der Waals surface area contributed by atoms with Crippen molar-refractivity contribution in [2.45, 2.75) is 58.4 Å². The summed E-state index contributed by atoms with van der Waals surface area (Å²) < 4.78 is 29.9. The van der Waals surface area contributed by atoms with Crippen LogP contribution in [0.15, 0.2) is 102 Å². The number of hydrogen-bond donors (Lipinski definition) is 3. The topological polar surface area (TPSA) is 212 Å². The van der Waals surface area contributed by atoms with E-state index in [1.807, 2.05) is 84.6 Å². The number of amides is 5. The molecule has 3 N–H and O–H groups in total. The van der Waals surface area contributed by atoms with Gasteiger partial charge in [0.25, 0.3) is 23.3 Å². The first kappa shape index (κ1) is 58.8. The van der Waals surface area contributed by atoms with Crippen LogP contribution in [0.4, 0.5) is 11.4 Å². The minimum Gasteiger partial charge on any atom is -0.382 e. The van der Waals surface area contributed by atoms with Gasteiger partial charge in [0.1, 0.15) is 11.7 Å². The second-order valence-electron chi connectivity index (χ2n) is 21.1. The Labute approximate surface area is 467 Å². The molecule has 5 aromatic rings. The monoisotopic (exact) mass is 1090 g/mol. The average Bonchev–Trinajstić information content (AvgIpc) is 3.98. The molecular weight excluding hydrogens is 1020 g/mol. The molecule has 19 nitrogen and oxygen atoms in total. The highest BCUT2D eigenvalue weighted by Crippen LogP contribution is 2.39. The Bertz CT molecular complexity index is 3070. The number of aromatic nitrogens is 2. The molecular formula is C61H74N8O11. The van der Waals surface area contributed by atoms with Gasteiger partial charge >= 0.3 is 0 Å². The van der Waals surface area contributed by atoms with Gasteiger partial charge in [-0.1, -0.05) is 75.9 Å². The number of ether oxygens (including phenoxy) is 5. The van der Waals surface area contributed by atoms with Crippen molar-refractivity contribution in [2.24, 2.45) is 7.05 Å². The Balaban J connectivity index is 0.644. The van der Waals surface area contributed by atoms with Crippen LogP contribution >= 0.6 is 0 Å². The summed E-state index contributed by atoms with van der Waals surface area (Å²) in [6, 6.07) is 25.4. The number of aryl methyl sites for hydroxylation is 1. The summed E-state index contributed by atoms with van der Waals surface area (Å²) in [5, 5.41) is 8.63. The zero-order valence-electron chi connectivity index (χ0n) is 46.6. The fourth-order valence-electron chi connectivity index (χ4n) is 9.83. The van der Waals surface area contributed by atoms with Crippen LogP contribution in [-0.2, 0) is 52.2 Å². The Morgan fingerprint density at radius 1 is 0.725 bits per heavy atom. The number of carbonyl (C=O) groups is 5. The molecule has 1 aromatic heterocycles. The maximum atomic E-state index is 13.5. The maximum absolute atomic E-state index is 13.5. The van der Waals surface area contributed by atoms with Gasteiger partial charge in [-0.15, -0.1) is 0 Å². The molecule has 3 aliphatic rings. The minimum atomic E-state index is -0.775. The maximum Gasteiger partial charge on any atom is 0.272 e. The van der Waals surface area contributed by atoms with Crippen LogP contribution in [0, 0.1) is 6.92 Å². The number of carbonyl (C=O) groups excluding carboxylic acids is 5. The number of nitrogens with zero attached hydrogens (tertiary/aromatic N) is 5. The number of fused-ring (bicyclic) bond motifs is 1. The third-order valence-electron chi connectivity index (χ3n) is 14.5. The fraction of sp³-hybridized carbons (Fsp3) is 0.426. The lowest BCUT2D eigenvalue weighted by molar-refractivity contribution is -0.136. The molecule has 0 radical (unpaired) electrons. The molecule has 80 heavy (non-hydrogen) atoms. The van der Waals surface area contributed by atoms with E-state index in [0.717, 1.165) is 41.9 Å². The van der Waals surface area contributed by atoms with E-state index in [-0.39, 0.29) is 53.9 Å². The number of piperazine rings is 1. The molecule has 1 unspecified atom stereocenters. The summed E-state index contributed by atoms with van der Waals surface area (Å²) in [4.78, 5) is 88.0. The largest absolute Gasteiger partial charge is 0.382 e. The van der Waals surface area contributed by atoms with Crippen LogP contribution in [0.25, 0.3) is 17.0 Å². The van der Waals surface area contributed by atoms with Crippen LogP contribution in [0.5, 0.6) is 0 Å². The van der Waals surface area contributed by atoms with E-state index < -0.39 is 11.9 Å². The summed E-state index contributed by atoms with van der Waals surface area (Å²) in [6.45, 7) is 20.7. The van der Waals surface area contributed by atoms with Gasteiger partial charge in [0, 0.05) is 105 Å². The Morgan fingerprint density at radius 3 is 1.94 bits per heavy atom. The van der Waals surface area contributed by atoms with Crippen molar-refractivity contribution in [3.63, 3.8) is 0 Å². The van der Waals surface area contributed by atoms with Crippen LogP contribution in [0.2, 0.25) is 0 Å². The number of benzene rings is 4.